The molecular formula is C31H30ClN5O3. The quantitative estimate of drug-likeness (QED) is 0.332. The molecule has 2 unspecified atom stereocenters. The fraction of sp³-hybridized carbons (Fsp3) is 0.355. The monoisotopic (exact) mass is 555 g/mol. The van der Waals surface area contributed by atoms with Crippen LogP contribution >= 0.6 is 11.6 Å². The number of ketones is 1. The van der Waals surface area contributed by atoms with Gasteiger partial charge < -0.3 is 14.0 Å². The molecule has 2 aliphatic heterocycles. The van der Waals surface area contributed by atoms with E-state index in [1.165, 1.54) is 6.42 Å². The summed E-state index contributed by atoms with van der Waals surface area (Å²) in [6, 6.07) is 18.7. The van der Waals surface area contributed by atoms with Crippen LogP contribution < -0.4 is 4.74 Å². The predicted octanol–water partition coefficient (Wildman–Crippen LogP) is 5.04. The number of halogens is 1. The minimum absolute atomic E-state index is 0.127. The summed E-state index contributed by atoms with van der Waals surface area (Å²) in [6.45, 7) is 1.86. The van der Waals surface area contributed by atoms with E-state index in [0.717, 1.165) is 35.4 Å². The van der Waals surface area contributed by atoms with Gasteiger partial charge in [0.25, 0.3) is 5.91 Å². The Labute approximate surface area is 237 Å². The summed E-state index contributed by atoms with van der Waals surface area (Å²) >= 11 is 6.16. The third kappa shape index (κ3) is 4.75. The van der Waals surface area contributed by atoms with Crippen LogP contribution in [0.15, 0.2) is 66.9 Å². The third-order valence-electron chi connectivity index (χ3n) is 8.29. The van der Waals surface area contributed by atoms with E-state index in [1.54, 1.807) is 6.07 Å². The number of Topliss-reactive ketones (excluding diaryl/α,β-unsaturated/α-hetero) is 1. The van der Waals surface area contributed by atoms with E-state index < -0.39 is 0 Å². The second kappa shape index (κ2) is 10.3. The normalized spacial score (nSPS) is 21.4. The zero-order valence-electron chi connectivity index (χ0n) is 22.1. The lowest BCUT2D eigenvalue weighted by Gasteiger charge is -2.49. The Morgan fingerprint density at radius 1 is 0.950 bits per heavy atom. The number of hydrogen-bond donors (Lipinski definition) is 0. The first-order valence-electron chi connectivity index (χ1n) is 13.9. The van der Waals surface area contributed by atoms with Crippen molar-refractivity contribution in [1.29, 1.82) is 0 Å². The maximum absolute atomic E-state index is 13.8. The van der Waals surface area contributed by atoms with E-state index in [9.17, 15) is 9.59 Å². The molecule has 3 aliphatic rings. The number of piperidine rings is 1. The van der Waals surface area contributed by atoms with Gasteiger partial charge in [-0.2, -0.15) is 0 Å². The number of ether oxygens (including phenoxy) is 1. The fourth-order valence-electron chi connectivity index (χ4n) is 6.18. The highest BCUT2D eigenvalue weighted by Gasteiger charge is 2.44. The first-order valence-corrected chi connectivity index (χ1v) is 14.3. The number of rotatable bonds is 6. The minimum atomic E-state index is -0.205. The van der Waals surface area contributed by atoms with E-state index >= 15 is 0 Å². The average molecular weight is 556 g/mol. The van der Waals surface area contributed by atoms with Crippen LogP contribution in [0.2, 0.25) is 5.02 Å². The molecule has 1 saturated carbocycles. The van der Waals surface area contributed by atoms with Crippen LogP contribution in [0.3, 0.4) is 0 Å². The van der Waals surface area contributed by atoms with Crippen molar-refractivity contribution in [2.75, 3.05) is 13.1 Å². The van der Waals surface area contributed by atoms with Crippen molar-refractivity contribution >= 4 is 28.9 Å². The molecule has 0 radical (unpaired) electrons. The number of likely N-dealkylation sites (tertiary alicyclic amines) is 1. The minimum Gasteiger partial charge on any atom is -0.474 e. The molecule has 40 heavy (non-hydrogen) atoms. The lowest BCUT2D eigenvalue weighted by atomic mass is 9.89. The highest BCUT2D eigenvalue weighted by Crippen LogP contribution is 2.32. The maximum atomic E-state index is 13.8. The molecule has 8 nitrogen and oxygen atoms in total. The molecule has 5 heterocycles. The standard InChI is InChI=1S/C31H30ClN5O3/c32-21-12-10-20(11-13-21)30-27(36-14-2-1-8-28(36)34-30)19-35-17-22-15-24(38)16-23(18-35)37(22)31(39)26-7-4-9-29(33-26)40-25-5-3-6-25/h1-2,4,7-14,22-23,25H,3,5-6,15-19H2. The van der Waals surface area contributed by atoms with Gasteiger partial charge in [0.1, 0.15) is 23.2 Å². The van der Waals surface area contributed by atoms with Gasteiger partial charge in [0.05, 0.1) is 23.5 Å². The molecule has 3 aromatic heterocycles. The van der Waals surface area contributed by atoms with Crippen LogP contribution in [0, 0.1) is 0 Å². The molecular weight excluding hydrogens is 526 g/mol. The molecule has 3 fully saturated rings. The number of piperazine rings is 1. The van der Waals surface area contributed by atoms with Crippen LogP contribution in [0.1, 0.15) is 48.3 Å². The van der Waals surface area contributed by atoms with E-state index in [4.69, 9.17) is 21.3 Å². The van der Waals surface area contributed by atoms with Gasteiger partial charge in [-0.25, -0.2) is 9.97 Å². The number of hydrogen-bond acceptors (Lipinski definition) is 6. The van der Waals surface area contributed by atoms with Crippen molar-refractivity contribution in [3.05, 3.63) is 83.3 Å². The molecule has 7 rings (SSSR count). The smallest absolute Gasteiger partial charge is 0.273 e. The highest BCUT2D eigenvalue weighted by molar-refractivity contribution is 6.30. The van der Waals surface area contributed by atoms with Gasteiger partial charge in [-0.05, 0) is 49.6 Å². The summed E-state index contributed by atoms with van der Waals surface area (Å²) in [7, 11) is 0. The molecule has 2 bridgehead atoms. The summed E-state index contributed by atoms with van der Waals surface area (Å²) in [6.07, 6.45) is 6.16. The van der Waals surface area contributed by atoms with E-state index in [1.807, 2.05) is 65.7 Å². The second-order valence-corrected chi connectivity index (χ2v) is 11.5. The van der Waals surface area contributed by atoms with Gasteiger partial charge in [0.2, 0.25) is 5.88 Å². The number of nitrogens with zero attached hydrogens (tertiary/aromatic N) is 5. The van der Waals surface area contributed by atoms with Crippen LogP contribution in [-0.2, 0) is 11.3 Å². The largest absolute Gasteiger partial charge is 0.474 e. The SMILES string of the molecule is O=C1CC2CN(Cc3c(-c4ccc(Cl)cc4)nc4ccccn34)CC(C1)N2C(=O)c1cccc(OC2CCC2)n1. The summed E-state index contributed by atoms with van der Waals surface area (Å²) in [5, 5.41) is 0.682. The van der Waals surface area contributed by atoms with Gasteiger partial charge in [0.15, 0.2) is 0 Å². The van der Waals surface area contributed by atoms with Crippen molar-refractivity contribution in [1.82, 2.24) is 24.2 Å². The number of pyridine rings is 2. The summed E-state index contributed by atoms with van der Waals surface area (Å²) < 4.78 is 8.07. The highest BCUT2D eigenvalue weighted by atomic mass is 35.5. The predicted molar refractivity (Wildman–Crippen MR) is 151 cm³/mol. The molecule has 1 aromatic carbocycles. The molecule has 1 amide bonds. The van der Waals surface area contributed by atoms with E-state index in [2.05, 4.69) is 14.3 Å². The van der Waals surface area contributed by atoms with Gasteiger partial charge in [-0.1, -0.05) is 35.9 Å². The summed E-state index contributed by atoms with van der Waals surface area (Å²) in [4.78, 5) is 40.1. The Hall–Kier alpha value is -3.75. The zero-order valence-corrected chi connectivity index (χ0v) is 22.8. The van der Waals surface area contributed by atoms with Crippen LogP contribution in [0.25, 0.3) is 16.9 Å². The molecule has 2 atom stereocenters. The Morgan fingerprint density at radius 3 is 2.45 bits per heavy atom. The van der Waals surface area contributed by atoms with Crippen molar-refractivity contribution in [3.63, 3.8) is 0 Å². The van der Waals surface area contributed by atoms with Gasteiger partial charge in [-0.15, -0.1) is 0 Å². The lowest BCUT2D eigenvalue weighted by molar-refractivity contribution is -0.127. The number of carbonyl (C=O) groups excluding carboxylic acids is 2. The third-order valence-corrected chi connectivity index (χ3v) is 8.54. The number of imidazole rings is 1. The van der Waals surface area contributed by atoms with Crippen LogP contribution in [-0.4, -0.2) is 67.1 Å². The first kappa shape index (κ1) is 25.2. The first-order chi connectivity index (χ1) is 19.5. The van der Waals surface area contributed by atoms with Crippen LogP contribution in [0.4, 0.5) is 0 Å². The Morgan fingerprint density at radius 2 is 1.73 bits per heavy atom. The Balaban J connectivity index is 1.15. The summed E-state index contributed by atoms with van der Waals surface area (Å²) in [5.74, 6) is 0.584. The molecule has 204 valence electrons. The Kier molecular flexibility index (Phi) is 6.52. The molecule has 1 aliphatic carbocycles. The number of fused-ring (bicyclic) bond motifs is 3. The topological polar surface area (TPSA) is 80.0 Å². The zero-order chi connectivity index (χ0) is 27.2. The average Bonchev–Trinajstić information content (AvgIpc) is 3.28. The van der Waals surface area contributed by atoms with Crippen molar-refractivity contribution < 1.29 is 14.3 Å². The summed E-state index contributed by atoms with van der Waals surface area (Å²) in [5.41, 5.74) is 4.24. The van der Waals surface area contributed by atoms with E-state index in [0.29, 0.717) is 49.1 Å². The number of amides is 1. The van der Waals surface area contributed by atoms with Crippen LogP contribution in [0.5, 0.6) is 5.88 Å². The van der Waals surface area contributed by atoms with Crippen molar-refractivity contribution in [3.8, 4) is 17.1 Å². The van der Waals surface area contributed by atoms with Gasteiger partial charge >= 0.3 is 0 Å². The number of aromatic nitrogens is 3. The van der Waals surface area contributed by atoms with Crippen molar-refractivity contribution in [2.45, 2.75) is 56.8 Å². The molecule has 2 saturated heterocycles. The number of carbonyl (C=O) groups is 2. The molecule has 9 heteroatoms. The number of benzene rings is 1. The van der Waals surface area contributed by atoms with E-state index in [-0.39, 0.29) is 29.9 Å². The maximum Gasteiger partial charge on any atom is 0.273 e. The Bertz CT molecular complexity index is 1560. The van der Waals surface area contributed by atoms with Gasteiger partial charge in [-0.3, -0.25) is 14.5 Å². The second-order valence-electron chi connectivity index (χ2n) is 11.0. The molecule has 4 aromatic rings. The molecule has 0 N–H and O–H groups in total. The van der Waals surface area contributed by atoms with Crippen molar-refractivity contribution in [2.24, 2.45) is 0 Å². The lowest BCUT2D eigenvalue weighted by Crippen LogP contribution is -2.64. The van der Waals surface area contributed by atoms with Gasteiger partial charge in [0, 0.05) is 55.3 Å². The molecule has 0 spiro atoms. The fourth-order valence-corrected chi connectivity index (χ4v) is 6.31.